The number of aryl methyl sites for hydroxylation is 1. The number of amides is 2. The van der Waals surface area contributed by atoms with Gasteiger partial charge in [-0.1, -0.05) is 92.5 Å². The topological polar surface area (TPSA) is 86.8 Å². The lowest BCUT2D eigenvalue weighted by molar-refractivity contribution is -0.139. The highest BCUT2D eigenvalue weighted by atomic mass is 35.5. The monoisotopic (exact) mass is 583 g/mol. The van der Waals surface area contributed by atoms with Crippen LogP contribution in [0.4, 0.5) is 5.69 Å². The number of anilines is 1. The lowest BCUT2D eigenvalue weighted by atomic mass is 10.1. The molecule has 0 fully saturated rings. The zero-order chi connectivity index (χ0) is 29.3. The lowest BCUT2D eigenvalue weighted by Crippen LogP contribution is -2.53. The predicted octanol–water partition coefficient (Wildman–Crippen LogP) is 5.47. The molecule has 2 amide bonds. The fourth-order valence-corrected chi connectivity index (χ4v) is 6.04. The molecule has 1 N–H and O–H groups in total. The Morgan fingerprint density at radius 2 is 1.55 bits per heavy atom. The van der Waals surface area contributed by atoms with Crippen LogP contribution in [0.15, 0.2) is 83.8 Å². The number of sulfonamides is 1. The number of rotatable bonds is 13. The molecule has 0 radical (unpaired) electrons. The molecule has 0 aliphatic rings. The fourth-order valence-electron chi connectivity index (χ4n) is 4.32. The molecule has 3 rings (SSSR count). The van der Waals surface area contributed by atoms with Gasteiger partial charge in [0.2, 0.25) is 11.8 Å². The van der Waals surface area contributed by atoms with Gasteiger partial charge < -0.3 is 10.2 Å². The van der Waals surface area contributed by atoms with Crippen LogP contribution in [0.3, 0.4) is 0 Å². The zero-order valence-electron chi connectivity index (χ0n) is 23.5. The number of carbonyl (C=O) groups is 2. The quantitative estimate of drug-likeness (QED) is 0.289. The molecular formula is C31H38ClN3O4S. The van der Waals surface area contributed by atoms with E-state index in [1.807, 2.05) is 58.0 Å². The molecule has 0 heterocycles. The number of para-hydroxylation sites is 1. The molecule has 1 unspecified atom stereocenters. The standard InChI is InChI=1S/C31H38ClN3O4S/c1-5-28(31(37)33-21-23(2)3)34(20-19-25-11-7-6-8-12-25)30(36)22-35(29-14-10-9-13-27(29)32)40(38,39)26-17-15-24(4)16-18-26/h6-18,23,28H,5,19-22H2,1-4H3,(H,33,37). The summed E-state index contributed by atoms with van der Waals surface area (Å²) in [6.07, 6.45) is 0.888. The number of benzene rings is 3. The first kappa shape index (κ1) is 31.2. The van der Waals surface area contributed by atoms with Crippen LogP contribution in [0.5, 0.6) is 0 Å². The minimum absolute atomic E-state index is 0.0448. The summed E-state index contributed by atoms with van der Waals surface area (Å²) in [4.78, 5) is 28.8. The maximum atomic E-state index is 14.0. The van der Waals surface area contributed by atoms with Gasteiger partial charge in [0.15, 0.2) is 0 Å². The highest BCUT2D eigenvalue weighted by Gasteiger charge is 2.34. The van der Waals surface area contributed by atoms with Gasteiger partial charge in [0.25, 0.3) is 10.0 Å². The van der Waals surface area contributed by atoms with Gasteiger partial charge in [-0.05, 0) is 55.5 Å². The van der Waals surface area contributed by atoms with Crippen LogP contribution in [-0.2, 0) is 26.0 Å². The van der Waals surface area contributed by atoms with Crippen LogP contribution in [0, 0.1) is 12.8 Å². The summed E-state index contributed by atoms with van der Waals surface area (Å²) in [7, 11) is -4.16. The van der Waals surface area contributed by atoms with Crippen molar-refractivity contribution in [3.63, 3.8) is 0 Å². The second-order valence-corrected chi connectivity index (χ2v) is 12.4. The molecule has 0 bridgehead atoms. The van der Waals surface area contributed by atoms with Gasteiger partial charge in [0.05, 0.1) is 15.6 Å². The number of halogens is 1. The van der Waals surface area contributed by atoms with E-state index in [2.05, 4.69) is 5.32 Å². The average Bonchev–Trinajstić information content (AvgIpc) is 2.93. The molecule has 1 atom stereocenters. The molecule has 0 aromatic heterocycles. The molecule has 0 aliphatic heterocycles. The highest BCUT2D eigenvalue weighted by molar-refractivity contribution is 7.92. The van der Waals surface area contributed by atoms with Crippen molar-refractivity contribution in [1.82, 2.24) is 10.2 Å². The van der Waals surface area contributed by atoms with Crippen LogP contribution >= 0.6 is 11.6 Å². The van der Waals surface area contributed by atoms with E-state index in [0.29, 0.717) is 19.4 Å². The molecule has 40 heavy (non-hydrogen) atoms. The lowest BCUT2D eigenvalue weighted by Gasteiger charge is -2.33. The van der Waals surface area contributed by atoms with Gasteiger partial charge in [-0.2, -0.15) is 0 Å². The Labute approximate surface area is 243 Å². The van der Waals surface area contributed by atoms with Crippen LogP contribution in [0.1, 0.15) is 38.3 Å². The minimum Gasteiger partial charge on any atom is -0.354 e. The Balaban J connectivity index is 2.00. The molecule has 0 spiro atoms. The van der Waals surface area contributed by atoms with E-state index in [0.717, 1.165) is 15.4 Å². The van der Waals surface area contributed by atoms with E-state index in [9.17, 15) is 18.0 Å². The van der Waals surface area contributed by atoms with Crippen molar-refractivity contribution < 1.29 is 18.0 Å². The van der Waals surface area contributed by atoms with E-state index in [1.54, 1.807) is 36.4 Å². The first-order valence-corrected chi connectivity index (χ1v) is 15.3. The molecule has 3 aromatic rings. The van der Waals surface area contributed by atoms with Crippen molar-refractivity contribution in [3.05, 3.63) is 95.0 Å². The molecule has 0 aliphatic carbocycles. The Bertz CT molecular complexity index is 1380. The molecule has 0 saturated heterocycles. The SMILES string of the molecule is CCC(C(=O)NCC(C)C)N(CCc1ccccc1)C(=O)CN(c1ccccc1Cl)S(=O)(=O)c1ccc(C)cc1. The Morgan fingerprint density at radius 1 is 0.925 bits per heavy atom. The summed E-state index contributed by atoms with van der Waals surface area (Å²) in [5.74, 6) is -0.508. The van der Waals surface area contributed by atoms with Crippen molar-refractivity contribution in [2.24, 2.45) is 5.92 Å². The Morgan fingerprint density at radius 3 is 2.15 bits per heavy atom. The van der Waals surface area contributed by atoms with Gasteiger partial charge in [-0.25, -0.2) is 8.42 Å². The number of carbonyl (C=O) groups excluding carboxylic acids is 2. The first-order valence-electron chi connectivity index (χ1n) is 13.5. The first-order chi connectivity index (χ1) is 19.0. The highest BCUT2D eigenvalue weighted by Crippen LogP contribution is 2.30. The van der Waals surface area contributed by atoms with Gasteiger partial charge in [0.1, 0.15) is 12.6 Å². The number of nitrogens with one attached hydrogen (secondary N) is 1. The van der Waals surface area contributed by atoms with Crippen LogP contribution in [0.2, 0.25) is 5.02 Å². The number of nitrogens with zero attached hydrogens (tertiary/aromatic N) is 2. The van der Waals surface area contributed by atoms with Crippen molar-refractivity contribution >= 4 is 39.1 Å². The number of hydrogen-bond acceptors (Lipinski definition) is 4. The zero-order valence-corrected chi connectivity index (χ0v) is 25.1. The summed E-state index contributed by atoms with van der Waals surface area (Å²) >= 11 is 6.46. The molecule has 9 heteroatoms. The average molecular weight is 584 g/mol. The summed E-state index contributed by atoms with van der Waals surface area (Å²) in [6.45, 7) is 7.92. The summed E-state index contributed by atoms with van der Waals surface area (Å²) in [5, 5.41) is 3.13. The number of hydrogen-bond donors (Lipinski definition) is 1. The van der Waals surface area contributed by atoms with E-state index in [4.69, 9.17) is 11.6 Å². The third kappa shape index (κ3) is 8.08. The largest absolute Gasteiger partial charge is 0.354 e. The smallest absolute Gasteiger partial charge is 0.264 e. The van der Waals surface area contributed by atoms with Crippen molar-refractivity contribution in [2.45, 2.75) is 51.5 Å². The van der Waals surface area contributed by atoms with Crippen molar-refractivity contribution in [2.75, 3.05) is 23.9 Å². The normalized spacial score (nSPS) is 12.2. The Kier molecular flexibility index (Phi) is 11.2. The predicted molar refractivity (Wildman–Crippen MR) is 161 cm³/mol. The minimum atomic E-state index is -4.16. The summed E-state index contributed by atoms with van der Waals surface area (Å²) < 4.78 is 28.8. The van der Waals surface area contributed by atoms with Gasteiger partial charge >= 0.3 is 0 Å². The maximum Gasteiger partial charge on any atom is 0.264 e. The van der Waals surface area contributed by atoms with Crippen LogP contribution in [-0.4, -0.2) is 50.8 Å². The van der Waals surface area contributed by atoms with Crippen molar-refractivity contribution in [3.8, 4) is 0 Å². The van der Waals surface area contributed by atoms with Crippen molar-refractivity contribution in [1.29, 1.82) is 0 Å². The van der Waals surface area contributed by atoms with E-state index >= 15 is 0 Å². The van der Waals surface area contributed by atoms with E-state index in [-0.39, 0.29) is 34.0 Å². The summed E-state index contributed by atoms with van der Waals surface area (Å²) in [6, 6.07) is 21.9. The molecule has 3 aromatic carbocycles. The molecule has 7 nitrogen and oxygen atoms in total. The van der Waals surface area contributed by atoms with Gasteiger partial charge in [0, 0.05) is 13.1 Å². The molecule has 214 valence electrons. The maximum absolute atomic E-state index is 14.0. The van der Waals surface area contributed by atoms with E-state index in [1.165, 1.54) is 17.0 Å². The third-order valence-electron chi connectivity index (χ3n) is 6.56. The summed E-state index contributed by atoms with van der Waals surface area (Å²) in [5.41, 5.74) is 2.11. The van der Waals surface area contributed by atoms with Crippen LogP contribution < -0.4 is 9.62 Å². The fraction of sp³-hybridized carbons (Fsp3) is 0.355. The second kappa shape index (κ2) is 14.3. The Hall–Kier alpha value is -3.36. The second-order valence-electron chi connectivity index (χ2n) is 10.2. The van der Waals surface area contributed by atoms with Gasteiger partial charge in [-0.3, -0.25) is 13.9 Å². The van der Waals surface area contributed by atoms with E-state index < -0.39 is 28.5 Å². The molecular weight excluding hydrogens is 546 g/mol. The molecule has 0 saturated carbocycles. The van der Waals surface area contributed by atoms with Crippen LogP contribution in [0.25, 0.3) is 0 Å². The third-order valence-corrected chi connectivity index (χ3v) is 8.66. The van der Waals surface area contributed by atoms with Gasteiger partial charge in [-0.15, -0.1) is 0 Å².